The van der Waals surface area contributed by atoms with Crippen LogP contribution in [0, 0.1) is 5.92 Å². The van der Waals surface area contributed by atoms with Gasteiger partial charge in [0, 0.05) is 12.5 Å². The van der Waals surface area contributed by atoms with Gasteiger partial charge in [-0.15, -0.1) is 0 Å². The Morgan fingerprint density at radius 2 is 2.19 bits per heavy atom. The molecule has 1 aliphatic carbocycles. The third-order valence-corrected chi connectivity index (χ3v) is 4.07. The summed E-state index contributed by atoms with van der Waals surface area (Å²) < 4.78 is 2.34. The molecule has 0 aliphatic heterocycles. The predicted molar refractivity (Wildman–Crippen MR) is 82.5 cm³/mol. The van der Waals surface area contributed by atoms with Crippen LogP contribution in [0.25, 0.3) is 11.0 Å². The van der Waals surface area contributed by atoms with Gasteiger partial charge in [0.15, 0.2) is 0 Å². The summed E-state index contributed by atoms with van der Waals surface area (Å²) in [6, 6.07) is 5.88. The Bertz CT molecular complexity index is 669. The molecular weight excluding hydrogens is 264 g/mol. The average Bonchev–Trinajstić information content (AvgIpc) is 3.18. The molecule has 0 atom stereocenters. The minimum Gasteiger partial charge on any atom is -0.481 e. The summed E-state index contributed by atoms with van der Waals surface area (Å²) in [6.45, 7) is 5.47. The Morgan fingerprint density at radius 1 is 1.43 bits per heavy atom. The van der Waals surface area contributed by atoms with Crippen molar-refractivity contribution in [3.63, 3.8) is 0 Å². The van der Waals surface area contributed by atoms with Crippen molar-refractivity contribution in [2.75, 3.05) is 0 Å². The van der Waals surface area contributed by atoms with Gasteiger partial charge in [-0.25, -0.2) is 4.98 Å². The quantitative estimate of drug-likeness (QED) is 0.883. The Kier molecular flexibility index (Phi) is 3.70. The second-order valence-corrected chi connectivity index (χ2v) is 6.47. The summed E-state index contributed by atoms with van der Waals surface area (Å²) in [5.74, 6) is 1.67. The van der Waals surface area contributed by atoms with Gasteiger partial charge in [0.25, 0.3) is 0 Å². The van der Waals surface area contributed by atoms with E-state index in [1.807, 2.05) is 18.2 Å². The van der Waals surface area contributed by atoms with Crippen molar-refractivity contribution in [1.29, 1.82) is 0 Å². The van der Waals surface area contributed by atoms with E-state index in [1.165, 1.54) is 18.7 Å². The van der Waals surface area contributed by atoms with Gasteiger partial charge >= 0.3 is 5.97 Å². The molecule has 1 aromatic heterocycles. The van der Waals surface area contributed by atoms with Gasteiger partial charge in [-0.05, 0) is 42.9 Å². The summed E-state index contributed by atoms with van der Waals surface area (Å²) in [6.07, 6.45) is 3.66. The number of aromatic nitrogens is 2. The van der Waals surface area contributed by atoms with Crippen molar-refractivity contribution in [3.8, 4) is 0 Å². The van der Waals surface area contributed by atoms with Gasteiger partial charge in [0.2, 0.25) is 0 Å². The second kappa shape index (κ2) is 5.51. The van der Waals surface area contributed by atoms with Crippen LogP contribution in [0.4, 0.5) is 0 Å². The summed E-state index contributed by atoms with van der Waals surface area (Å²) in [5.41, 5.74) is 2.91. The van der Waals surface area contributed by atoms with Crippen LogP contribution in [0.3, 0.4) is 0 Å². The Labute approximate surface area is 124 Å². The highest BCUT2D eigenvalue weighted by Gasteiger charge is 2.29. The summed E-state index contributed by atoms with van der Waals surface area (Å²) in [5, 5.41) is 8.92. The van der Waals surface area contributed by atoms with Crippen LogP contribution in [0.5, 0.6) is 0 Å². The van der Waals surface area contributed by atoms with Crippen LogP contribution in [-0.2, 0) is 17.8 Å². The Balaban J connectivity index is 1.98. The molecular formula is C17H22N2O2. The van der Waals surface area contributed by atoms with E-state index in [4.69, 9.17) is 10.1 Å². The van der Waals surface area contributed by atoms with Crippen molar-refractivity contribution in [1.82, 2.24) is 9.55 Å². The second-order valence-electron chi connectivity index (χ2n) is 6.47. The number of benzene rings is 1. The van der Waals surface area contributed by atoms with Gasteiger partial charge in [0.1, 0.15) is 5.82 Å². The van der Waals surface area contributed by atoms with E-state index in [-0.39, 0.29) is 6.42 Å². The molecule has 0 radical (unpaired) electrons. The molecule has 112 valence electrons. The van der Waals surface area contributed by atoms with Crippen LogP contribution < -0.4 is 0 Å². The fourth-order valence-corrected chi connectivity index (χ4v) is 2.75. The number of carboxylic acid groups (broad SMARTS) is 1. The van der Waals surface area contributed by atoms with E-state index in [0.717, 1.165) is 29.6 Å². The smallest absolute Gasteiger partial charge is 0.307 e. The standard InChI is InChI=1S/C17H22N2O2/c1-11(2)7-8-19-15-6-3-12(10-16(20)21)9-14(15)18-17(19)13-4-5-13/h3,6,9,11,13H,4-5,7-8,10H2,1-2H3,(H,20,21). The third-order valence-electron chi connectivity index (χ3n) is 4.07. The zero-order valence-electron chi connectivity index (χ0n) is 12.7. The first-order valence-corrected chi connectivity index (χ1v) is 7.75. The first kappa shape index (κ1) is 14.1. The van der Waals surface area contributed by atoms with Crippen molar-refractivity contribution in [2.45, 2.75) is 52.0 Å². The van der Waals surface area contributed by atoms with E-state index >= 15 is 0 Å². The van der Waals surface area contributed by atoms with E-state index < -0.39 is 5.97 Å². The highest BCUT2D eigenvalue weighted by Crippen LogP contribution is 2.41. The Hall–Kier alpha value is -1.84. The van der Waals surface area contributed by atoms with Crippen LogP contribution in [0.2, 0.25) is 0 Å². The molecule has 0 spiro atoms. The molecule has 1 fully saturated rings. The molecule has 0 amide bonds. The van der Waals surface area contributed by atoms with Crippen LogP contribution >= 0.6 is 0 Å². The van der Waals surface area contributed by atoms with Crippen LogP contribution in [0.1, 0.15) is 50.4 Å². The fraction of sp³-hybridized carbons (Fsp3) is 0.529. The molecule has 1 heterocycles. The number of imidazole rings is 1. The molecule has 4 heteroatoms. The molecule has 2 aromatic rings. The van der Waals surface area contributed by atoms with E-state index in [0.29, 0.717) is 11.8 Å². The number of hydrogen-bond donors (Lipinski definition) is 1. The topological polar surface area (TPSA) is 55.1 Å². The first-order valence-electron chi connectivity index (χ1n) is 7.75. The Morgan fingerprint density at radius 3 is 2.81 bits per heavy atom. The maximum absolute atomic E-state index is 10.8. The summed E-state index contributed by atoms with van der Waals surface area (Å²) >= 11 is 0. The molecule has 3 rings (SSSR count). The number of aliphatic carboxylic acids is 1. The zero-order valence-corrected chi connectivity index (χ0v) is 12.7. The van der Waals surface area contributed by atoms with Crippen molar-refractivity contribution in [2.24, 2.45) is 5.92 Å². The maximum Gasteiger partial charge on any atom is 0.307 e. The minimum atomic E-state index is -0.795. The van der Waals surface area contributed by atoms with Gasteiger partial charge in [0.05, 0.1) is 17.5 Å². The lowest BCUT2D eigenvalue weighted by atomic mass is 10.1. The molecule has 0 bridgehead atoms. The number of nitrogens with zero attached hydrogens (tertiary/aromatic N) is 2. The van der Waals surface area contributed by atoms with Gasteiger partial charge in [-0.3, -0.25) is 4.79 Å². The van der Waals surface area contributed by atoms with Crippen molar-refractivity contribution in [3.05, 3.63) is 29.6 Å². The van der Waals surface area contributed by atoms with Gasteiger partial charge in [-0.1, -0.05) is 19.9 Å². The molecule has 1 N–H and O–H groups in total. The van der Waals surface area contributed by atoms with Gasteiger partial charge < -0.3 is 9.67 Å². The highest BCUT2D eigenvalue weighted by atomic mass is 16.4. The number of carbonyl (C=O) groups is 1. The molecule has 21 heavy (non-hydrogen) atoms. The lowest BCUT2D eigenvalue weighted by molar-refractivity contribution is -0.136. The number of hydrogen-bond acceptors (Lipinski definition) is 2. The monoisotopic (exact) mass is 286 g/mol. The lowest BCUT2D eigenvalue weighted by Gasteiger charge is -2.10. The number of aryl methyl sites for hydroxylation is 1. The normalized spacial score (nSPS) is 15.0. The molecule has 1 aliphatic rings. The molecule has 0 unspecified atom stereocenters. The largest absolute Gasteiger partial charge is 0.481 e. The molecule has 4 nitrogen and oxygen atoms in total. The number of rotatable bonds is 6. The highest BCUT2D eigenvalue weighted by molar-refractivity contribution is 5.79. The molecule has 1 saturated carbocycles. The number of fused-ring (bicyclic) bond motifs is 1. The average molecular weight is 286 g/mol. The predicted octanol–water partition coefficient (Wildman–Crippen LogP) is 3.59. The van der Waals surface area contributed by atoms with E-state index in [9.17, 15) is 4.79 Å². The lowest BCUT2D eigenvalue weighted by Crippen LogP contribution is -2.05. The minimum absolute atomic E-state index is 0.0631. The third kappa shape index (κ3) is 3.09. The van der Waals surface area contributed by atoms with Crippen LogP contribution in [0.15, 0.2) is 18.2 Å². The van der Waals surface area contributed by atoms with Crippen molar-refractivity contribution < 1.29 is 9.90 Å². The molecule has 1 aromatic carbocycles. The maximum atomic E-state index is 10.8. The first-order chi connectivity index (χ1) is 10.0. The molecule has 0 saturated heterocycles. The van der Waals surface area contributed by atoms with Gasteiger partial charge in [-0.2, -0.15) is 0 Å². The van der Waals surface area contributed by atoms with Crippen molar-refractivity contribution >= 4 is 17.0 Å². The summed E-state index contributed by atoms with van der Waals surface area (Å²) in [7, 11) is 0. The van der Waals surface area contributed by atoms with E-state index in [2.05, 4.69) is 18.4 Å². The van der Waals surface area contributed by atoms with E-state index in [1.54, 1.807) is 0 Å². The SMILES string of the molecule is CC(C)CCn1c(C2CC2)nc2cc(CC(=O)O)ccc21. The van der Waals surface area contributed by atoms with Crippen LogP contribution in [-0.4, -0.2) is 20.6 Å². The number of carboxylic acids is 1. The summed E-state index contributed by atoms with van der Waals surface area (Å²) in [4.78, 5) is 15.6. The zero-order chi connectivity index (χ0) is 15.0. The fourth-order valence-electron chi connectivity index (χ4n) is 2.75.